The fraction of sp³-hybridized carbons (Fsp3) is 0.158. The lowest BCUT2D eigenvalue weighted by atomic mass is 9.98. The van der Waals surface area contributed by atoms with Gasteiger partial charge in [-0.1, -0.05) is 34.1 Å². The third-order valence-electron chi connectivity index (χ3n) is 4.55. The number of halogens is 1. The van der Waals surface area contributed by atoms with Crippen LogP contribution in [0.25, 0.3) is 0 Å². The molecule has 4 rings (SSSR count). The van der Waals surface area contributed by atoms with E-state index in [9.17, 15) is 14.4 Å². The second-order valence-electron chi connectivity index (χ2n) is 6.07. The highest BCUT2D eigenvalue weighted by atomic mass is 79.9. The lowest BCUT2D eigenvalue weighted by Gasteiger charge is -2.22. The second-order valence-corrected chi connectivity index (χ2v) is 6.98. The Hall–Kier alpha value is -3.00. The Morgan fingerprint density at radius 1 is 1.00 bits per heavy atom. The molecule has 1 saturated heterocycles. The van der Waals surface area contributed by atoms with Gasteiger partial charge in [0.05, 0.1) is 18.5 Å². The van der Waals surface area contributed by atoms with E-state index in [4.69, 9.17) is 4.74 Å². The van der Waals surface area contributed by atoms with Crippen molar-refractivity contribution in [3.8, 4) is 0 Å². The second kappa shape index (κ2) is 6.62. The number of rotatable bonds is 3. The van der Waals surface area contributed by atoms with E-state index in [1.165, 1.54) is 12.1 Å². The third-order valence-corrected chi connectivity index (χ3v) is 5.08. The summed E-state index contributed by atoms with van der Waals surface area (Å²) in [5, 5.41) is 5.68. The fourth-order valence-electron chi connectivity index (χ4n) is 3.33. The minimum atomic E-state index is -1.01. The molecule has 0 aliphatic carbocycles. The molecule has 2 aromatic rings. The quantitative estimate of drug-likeness (QED) is 0.554. The highest BCUT2D eigenvalue weighted by Gasteiger charge is 2.59. The van der Waals surface area contributed by atoms with Crippen LogP contribution in [0.2, 0.25) is 0 Å². The van der Waals surface area contributed by atoms with Crippen molar-refractivity contribution in [3.63, 3.8) is 0 Å². The van der Waals surface area contributed by atoms with Crippen molar-refractivity contribution >= 4 is 50.8 Å². The van der Waals surface area contributed by atoms with Crippen LogP contribution in [0.4, 0.5) is 11.4 Å². The molecule has 0 saturated carbocycles. The Morgan fingerprint density at radius 3 is 2.30 bits per heavy atom. The van der Waals surface area contributed by atoms with Crippen molar-refractivity contribution in [2.24, 2.45) is 11.0 Å². The Kier molecular flexibility index (Phi) is 4.27. The maximum atomic E-state index is 13.1. The Balaban J connectivity index is 1.80. The van der Waals surface area contributed by atoms with E-state index in [2.05, 4.69) is 21.0 Å². The molecule has 136 valence electrons. The number of para-hydroxylation sites is 1. The summed E-state index contributed by atoms with van der Waals surface area (Å²) in [6, 6.07) is 14.9. The summed E-state index contributed by atoms with van der Waals surface area (Å²) in [4.78, 5) is 39.5. The number of fused-ring (bicyclic) bond motifs is 1. The van der Waals surface area contributed by atoms with Crippen LogP contribution in [0.15, 0.2) is 64.2 Å². The molecule has 2 heterocycles. The van der Waals surface area contributed by atoms with Crippen LogP contribution < -0.4 is 9.91 Å². The Bertz CT molecular complexity index is 959. The number of hydrogen-bond acceptors (Lipinski definition) is 6. The van der Waals surface area contributed by atoms with E-state index in [-0.39, 0.29) is 5.71 Å². The van der Waals surface area contributed by atoms with Gasteiger partial charge >= 0.3 is 5.97 Å². The van der Waals surface area contributed by atoms with Gasteiger partial charge in [-0.25, -0.2) is 9.69 Å². The summed E-state index contributed by atoms with van der Waals surface area (Å²) in [5.74, 6) is -2.65. The lowest BCUT2D eigenvalue weighted by molar-refractivity contribution is -0.133. The van der Waals surface area contributed by atoms with Gasteiger partial charge < -0.3 is 4.74 Å². The average molecular weight is 428 g/mol. The van der Waals surface area contributed by atoms with Gasteiger partial charge in [0.25, 0.3) is 5.91 Å². The highest BCUT2D eigenvalue weighted by molar-refractivity contribution is 9.10. The number of imide groups is 1. The predicted molar refractivity (Wildman–Crippen MR) is 102 cm³/mol. The minimum Gasteiger partial charge on any atom is -0.464 e. The number of methoxy groups -OCH3 is 1. The summed E-state index contributed by atoms with van der Waals surface area (Å²) in [6.45, 7) is 0. The van der Waals surface area contributed by atoms with Crippen LogP contribution in [0.3, 0.4) is 0 Å². The van der Waals surface area contributed by atoms with Crippen molar-refractivity contribution in [3.05, 3.63) is 59.1 Å². The first-order valence-corrected chi connectivity index (χ1v) is 8.96. The van der Waals surface area contributed by atoms with Crippen LogP contribution in [-0.2, 0) is 19.1 Å². The van der Waals surface area contributed by atoms with E-state index in [1.54, 1.807) is 48.5 Å². The summed E-state index contributed by atoms with van der Waals surface area (Å²) in [5.41, 5.74) is 0.995. The molecule has 0 N–H and O–H groups in total. The van der Waals surface area contributed by atoms with Crippen molar-refractivity contribution < 1.29 is 19.1 Å². The number of carbonyl (C=O) groups excluding carboxylic acids is 3. The number of nitrogens with zero attached hydrogens (tertiary/aromatic N) is 3. The molecule has 2 aromatic carbocycles. The predicted octanol–water partition coefficient (Wildman–Crippen LogP) is 2.36. The van der Waals surface area contributed by atoms with Crippen LogP contribution in [-0.4, -0.2) is 36.6 Å². The number of hydrogen-bond donors (Lipinski definition) is 0. The number of anilines is 2. The zero-order chi connectivity index (χ0) is 19.1. The monoisotopic (exact) mass is 427 g/mol. The van der Waals surface area contributed by atoms with E-state index < -0.39 is 29.7 Å². The zero-order valence-corrected chi connectivity index (χ0v) is 15.8. The number of carbonyl (C=O) groups is 3. The molecule has 0 aromatic heterocycles. The first-order valence-electron chi connectivity index (χ1n) is 8.17. The molecule has 2 atom stereocenters. The van der Waals surface area contributed by atoms with Crippen molar-refractivity contribution in [1.29, 1.82) is 0 Å². The summed E-state index contributed by atoms with van der Waals surface area (Å²) in [6.07, 6.45) is 0. The SMILES string of the molecule is COC(=O)C1=NN(c2ccccc2)[C@@H]2C(=O)N(c3ccc(Br)cc3)C(=O)[C@@H]12. The number of hydrazone groups is 1. The molecule has 0 radical (unpaired) electrons. The summed E-state index contributed by atoms with van der Waals surface area (Å²) >= 11 is 3.33. The van der Waals surface area contributed by atoms with E-state index >= 15 is 0 Å². The third kappa shape index (κ3) is 2.73. The molecule has 0 bridgehead atoms. The number of amides is 2. The molecule has 0 spiro atoms. The van der Waals surface area contributed by atoms with Gasteiger partial charge in [-0.05, 0) is 36.4 Å². The molecule has 2 aliphatic rings. The number of esters is 1. The molecule has 7 nitrogen and oxygen atoms in total. The van der Waals surface area contributed by atoms with E-state index in [1.807, 2.05) is 6.07 Å². The smallest absolute Gasteiger partial charge is 0.355 e. The van der Waals surface area contributed by atoms with Gasteiger partial charge in [-0.15, -0.1) is 0 Å². The average Bonchev–Trinajstić information content (AvgIpc) is 3.20. The van der Waals surface area contributed by atoms with Crippen LogP contribution in [0, 0.1) is 5.92 Å². The number of ether oxygens (including phenoxy) is 1. The fourth-order valence-corrected chi connectivity index (χ4v) is 3.59. The van der Waals surface area contributed by atoms with Crippen LogP contribution in [0.1, 0.15) is 0 Å². The van der Waals surface area contributed by atoms with Gasteiger partial charge in [-0.2, -0.15) is 5.10 Å². The first-order chi connectivity index (χ1) is 13.0. The molecule has 27 heavy (non-hydrogen) atoms. The van der Waals surface area contributed by atoms with Gasteiger partial charge in [0.15, 0.2) is 5.71 Å². The van der Waals surface area contributed by atoms with Crippen molar-refractivity contribution in [2.75, 3.05) is 17.0 Å². The van der Waals surface area contributed by atoms with Crippen molar-refractivity contribution in [1.82, 2.24) is 0 Å². The molecule has 2 amide bonds. The standard InChI is InChI=1S/C19H14BrN3O4/c1-27-19(26)15-14-16(23(21-15)13-5-3-2-4-6-13)18(25)22(17(14)24)12-9-7-11(20)8-10-12/h2-10,14,16H,1H3/t14-,16-/m0/s1. The molecular formula is C19H14BrN3O4. The number of benzene rings is 2. The summed E-state index contributed by atoms with van der Waals surface area (Å²) in [7, 11) is 1.22. The maximum Gasteiger partial charge on any atom is 0.355 e. The van der Waals surface area contributed by atoms with E-state index in [0.29, 0.717) is 11.4 Å². The van der Waals surface area contributed by atoms with E-state index in [0.717, 1.165) is 9.37 Å². The van der Waals surface area contributed by atoms with Crippen LogP contribution >= 0.6 is 15.9 Å². The minimum absolute atomic E-state index is 0.0654. The molecular weight excluding hydrogens is 414 g/mol. The molecule has 8 heteroatoms. The normalized spacial score (nSPS) is 21.3. The molecule has 1 fully saturated rings. The van der Waals surface area contributed by atoms with Gasteiger partial charge in [0.1, 0.15) is 12.0 Å². The lowest BCUT2D eigenvalue weighted by Crippen LogP contribution is -2.39. The highest BCUT2D eigenvalue weighted by Crippen LogP contribution is 2.38. The van der Waals surface area contributed by atoms with Crippen molar-refractivity contribution in [2.45, 2.75) is 6.04 Å². The molecule has 0 unspecified atom stereocenters. The Morgan fingerprint density at radius 2 is 1.67 bits per heavy atom. The summed E-state index contributed by atoms with van der Waals surface area (Å²) < 4.78 is 5.61. The zero-order valence-electron chi connectivity index (χ0n) is 14.2. The topological polar surface area (TPSA) is 79.3 Å². The van der Waals surface area contributed by atoms with Gasteiger partial charge in [0, 0.05) is 4.47 Å². The first kappa shape index (κ1) is 17.4. The van der Waals surface area contributed by atoms with Gasteiger partial charge in [0.2, 0.25) is 5.91 Å². The largest absolute Gasteiger partial charge is 0.464 e. The Labute approximate surface area is 163 Å². The molecule has 2 aliphatic heterocycles. The van der Waals surface area contributed by atoms with Crippen LogP contribution in [0.5, 0.6) is 0 Å². The van der Waals surface area contributed by atoms with Gasteiger partial charge in [-0.3, -0.25) is 14.6 Å². The maximum absolute atomic E-state index is 13.1.